The fourth-order valence-electron chi connectivity index (χ4n) is 9.06. The molecule has 4 aliphatic rings. The molecule has 4 aliphatic carbocycles. The van der Waals surface area contributed by atoms with Crippen molar-refractivity contribution >= 4 is 14.1 Å². The maximum absolute atomic E-state index is 12.3. The minimum atomic E-state index is -1.47. The van der Waals surface area contributed by atoms with Gasteiger partial charge in [-0.15, -0.1) is 0 Å². The third kappa shape index (κ3) is 4.84. The number of allylic oxidation sites excluding steroid dienone is 1. The molecule has 0 N–H and O–H groups in total. The molecule has 4 rings (SSSR count). The first-order chi connectivity index (χ1) is 15.3. The van der Waals surface area contributed by atoms with Crippen molar-refractivity contribution < 1.29 is 9.22 Å². The molecule has 3 saturated carbocycles. The summed E-state index contributed by atoms with van der Waals surface area (Å²) in [5.41, 5.74) is 2.65. The SMILES string of the molecule is CC(C)C(=O)CCC(C)C1CCC2C3CC=C4CC(O[Si](C)(C)C)CCC4(C)C3CCC12C. The van der Waals surface area contributed by atoms with Gasteiger partial charge in [-0.05, 0) is 118 Å². The molecule has 8 unspecified atom stereocenters. The predicted molar refractivity (Wildman–Crippen MR) is 142 cm³/mol. The van der Waals surface area contributed by atoms with Crippen molar-refractivity contribution in [1.29, 1.82) is 0 Å². The largest absolute Gasteiger partial charge is 0.414 e. The highest BCUT2D eigenvalue weighted by Gasteiger charge is 2.59. The van der Waals surface area contributed by atoms with Crippen LogP contribution in [0.1, 0.15) is 98.8 Å². The van der Waals surface area contributed by atoms with Gasteiger partial charge in [-0.1, -0.05) is 46.3 Å². The van der Waals surface area contributed by atoms with Crippen molar-refractivity contribution in [2.24, 2.45) is 46.3 Å². The van der Waals surface area contributed by atoms with Gasteiger partial charge in [0.25, 0.3) is 0 Å². The molecule has 0 saturated heterocycles. The van der Waals surface area contributed by atoms with Crippen LogP contribution in [-0.2, 0) is 9.22 Å². The van der Waals surface area contributed by atoms with Crippen LogP contribution < -0.4 is 0 Å². The fraction of sp³-hybridized carbons (Fsp3) is 0.900. The molecule has 188 valence electrons. The average molecular weight is 473 g/mol. The summed E-state index contributed by atoms with van der Waals surface area (Å²) >= 11 is 0. The Hall–Kier alpha value is -0.413. The van der Waals surface area contributed by atoms with Gasteiger partial charge >= 0.3 is 0 Å². The predicted octanol–water partition coefficient (Wildman–Crippen LogP) is 8.43. The minimum Gasteiger partial charge on any atom is -0.414 e. The van der Waals surface area contributed by atoms with Gasteiger partial charge in [-0.25, -0.2) is 0 Å². The second-order valence-corrected chi connectivity index (χ2v) is 18.7. The highest BCUT2D eigenvalue weighted by atomic mass is 28.4. The van der Waals surface area contributed by atoms with E-state index in [0.717, 1.165) is 36.5 Å². The van der Waals surface area contributed by atoms with Crippen LogP contribution in [0.4, 0.5) is 0 Å². The molecule has 0 bridgehead atoms. The summed E-state index contributed by atoms with van der Waals surface area (Å²) in [7, 11) is -1.47. The first kappa shape index (κ1) is 25.7. The Bertz CT molecular complexity index is 764. The molecule has 0 aromatic carbocycles. The van der Waals surface area contributed by atoms with Crippen LogP contribution in [0.2, 0.25) is 19.6 Å². The Morgan fingerprint density at radius 2 is 1.79 bits per heavy atom. The second kappa shape index (κ2) is 9.23. The van der Waals surface area contributed by atoms with E-state index in [0.29, 0.717) is 28.6 Å². The molecule has 3 heteroatoms. The van der Waals surface area contributed by atoms with Crippen LogP contribution in [0.3, 0.4) is 0 Å². The molecule has 0 spiro atoms. The molecule has 0 aromatic rings. The lowest BCUT2D eigenvalue weighted by molar-refractivity contribution is -0.122. The number of rotatable bonds is 7. The minimum absolute atomic E-state index is 0.190. The Balaban J connectivity index is 1.46. The van der Waals surface area contributed by atoms with E-state index in [2.05, 4.69) is 60.3 Å². The Kier molecular flexibility index (Phi) is 7.18. The van der Waals surface area contributed by atoms with Crippen LogP contribution in [0.15, 0.2) is 11.6 Å². The van der Waals surface area contributed by atoms with Gasteiger partial charge in [0.2, 0.25) is 0 Å². The maximum Gasteiger partial charge on any atom is 0.184 e. The lowest BCUT2D eigenvalue weighted by Crippen LogP contribution is -2.51. The number of hydrogen-bond donors (Lipinski definition) is 0. The normalized spacial score (nSPS) is 41.7. The van der Waals surface area contributed by atoms with Crippen molar-refractivity contribution in [3.63, 3.8) is 0 Å². The van der Waals surface area contributed by atoms with Crippen molar-refractivity contribution in [3.05, 3.63) is 11.6 Å². The lowest BCUT2D eigenvalue weighted by atomic mass is 9.47. The fourth-order valence-corrected chi connectivity index (χ4v) is 10.3. The molecular formula is C30H52O2Si. The number of fused-ring (bicyclic) bond motifs is 5. The number of ketones is 1. The van der Waals surface area contributed by atoms with Crippen LogP contribution in [0.5, 0.6) is 0 Å². The third-order valence-electron chi connectivity index (χ3n) is 10.8. The van der Waals surface area contributed by atoms with Gasteiger partial charge < -0.3 is 4.43 Å². The summed E-state index contributed by atoms with van der Waals surface area (Å²) in [4.78, 5) is 12.3. The highest BCUT2D eigenvalue weighted by molar-refractivity contribution is 6.69. The lowest BCUT2D eigenvalue weighted by Gasteiger charge is -2.58. The first-order valence-electron chi connectivity index (χ1n) is 14.2. The van der Waals surface area contributed by atoms with Crippen LogP contribution >= 0.6 is 0 Å². The third-order valence-corrected chi connectivity index (χ3v) is 11.9. The summed E-state index contributed by atoms with van der Waals surface area (Å²) < 4.78 is 6.56. The zero-order valence-corrected chi connectivity index (χ0v) is 24.0. The molecule has 2 nitrogen and oxygen atoms in total. The Labute approximate surface area is 205 Å². The summed E-state index contributed by atoms with van der Waals surface area (Å²) in [5.74, 6) is 4.77. The topological polar surface area (TPSA) is 26.3 Å². The van der Waals surface area contributed by atoms with Crippen molar-refractivity contribution in [1.82, 2.24) is 0 Å². The van der Waals surface area contributed by atoms with Crippen molar-refractivity contribution in [2.45, 2.75) is 125 Å². The van der Waals surface area contributed by atoms with E-state index >= 15 is 0 Å². The summed E-state index contributed by atoms with van der Waals surface area (Å²) in [6.45, 7) is 18.8. The first-order valence-corrected chi connectivity index (χ1v) is 17.7. The summed E-state index contributed by atoms with van der Waals surface area (Å²) in [6, 6.07) is 0. The molecule has 0 heterocycles. The standard InChI is InChI=1S/C30H52O2Si/c1-20(2)28(31)14-9-21(3)25-12-13-26-24-11-10-22-19-23(32-33(6,7)8)15-17-29(22,4)27(24)16-18-30(25,26)5/h10,20-21,23-27H,9,11-19H2,1-8H3. The van der Waals surface area contributed by atoms with Crippen molar-refractivity contribution in [3.8, 4) is 0 Å². The van der Waals surface area contributed by atoms with E-state index < -0.39 is 8.32 Å². The monoisotopic (exact) mass is 472 g/mol. The molecule has 0 aromatic heterocycles. The van der Waals surface area contributed by atoms with Crippen LogP contribution in [-0.4, -0.2) is 20.2 Å². The molecule has 8 atom stereocenters. The zero-order valence-electron chi connectivity index (χ0n) is 23.0. The van der Waals surface area contributed by atoms with E-state index in [1.165, 1.54) is 51.4 Å². The molecule has 0 radical (unpaired) electrons. The summed E-state index contributed by atoms with van der Waals surface area (Å²) in [5, 5.41) is 0. The van der Waals surface area contributed by atoms with Crippen molar-refractivity contribution in [2.75, 3.05) is 0 Å². The van der Waals surface area contributed by atoms with Crippen LogP contribution in [0.25, 0.3) is 0 Å². The molecule has 33 heavy (non-hydrogen) atoms. The van der Waals surface area contributed by atoms with E-state index in [1.54, 1.807) is 5.57 Å². The van der Waals surface area contributed by atoms with Gasteiger partial charge in [0.15, 0.2) is 8.32 Å². The Morgan fingerprint density at radius 3 is 2.45 bits per heavy atom. The molecule has 0 aliphatic heterocycles. The molecule has 3 fully saturated rings. The Morgan fingerprint density at radius 1 is 1.06 bits per heavy atom. The quantitative estimate of drug-likeness (QED) is 0.274. The summed E-state index contributed by atoms with van der Waals surface area (Å²) in [6.07, 6.45) is 15.7. The van der Waals surface area contributed by atoms with Gasteiger partial charge in [-0.3, -0.25) is 4.79 Å². The van der Waals surface area contributed by atoms with E-state index in [-0.39, 0.29) is 5.92 Å². The van der Waals surface area contributed by atoms with Crippen LogP contribution in [0, 0.1) is 46.3 Å². The zero-order chi connectivity index (χ0) is 24.2. The number of hydrogen-bond acceptors (Lipinski definition) is 2. The second-order valence-electron chi connectivity index (χ2n) is 14.2. The highest BCUT2D eigenvalue weighted by Crippen LogP contribution is 2.67. The van der Waals surface area contributed by atoms with E-state index in [4.69, 9.17) is 4.43 Å². The number of carbonyl (C=O) groups excluding carboxylic acids is 1. The average Bonchev–Trinajstić information content (AvgIpc) is 3.08. The molecule has 0 amide bonds. The van der Waals surface area contributed by atoms with Gasteiger partial charge in [0.05, 0.1) is 0 Å². The van der Waals surface area contributed by atoms with Gasteiger partial charge in [0, 0.05) is 18.4 Å². The number of carbonyl (C=O) groups is 1. The molecular weight excluding hydrogens is 420 g/mol. The number of Topliss-reactive ketones (excluding diaryl/α,β-unsaturated/α-hetero) is 1. The van der Waals surface area contributed by atoms with Gasteiger partial charge in [0.1, 0.15) is 5.78 Å². The van der Waals surface area contributed by atoms with E-state index in [9.17, 15) is 4.79 Å². The van der Waals surface area contributed by atoms with E-state index in [1.807, 2.05) is 0 Å². The van der Waals surface area contributed by atoms with Gasteiger partial charge in [-0.2, -0.15) is 0 Å². The maximum atomic E-state index is 12.3. The smallest absolute Gasteiger partial charge is 0.184 e.